The Bertz CT molecular complexity index is 500. The van der Waals surface area contributed by atoms with Crippen molar-refractivity contribution >= 4 is 11.7 Å². The number of nitrogens with zero attached hydrogens (tertiary/aromatic N) is 1. The normalized spacial score (nSPS) is 16.6. The van der Waals surface area contributed by atoms with Crippen molar-refractivity contribution in [2.45, 2.75) is 31.2 Å². The zero-order valence-corrected chi connectivity index (χ0v) is 10.8. The standard InChI is InChI=1S/C14H18N4O/c15-9-11-4-3-5-12(8-11)17-13(19)18-14(10-16)6-1-2-7-14/h3-5,8H,1-2,6-7,10,16H2,(H2,17,18,19). The Labute approximate surface area is 112 Å². The van der Waals surface area contributed by atoms with E-state index in [4.69, 9.17) is 11.0 Å². The van der Waals surface area contributed by atoms with Crippen molar-refractivity contribution in [3.8, 4) is 6.07 Å². The Kier molecular flexibility index (Phi) is 4.03. The van der Waals surface area contributed by atoms with Crippen molar-refractivity contribution < 1.29 is 4.79 Å². The Morgan fingerprint density at radius 3 is 2.79 bits per heavy atom. The summed E-state index contributed by atoms with van der Waals surface area (Å²) < 4.78 is 0. The Morgan fingerprint density at radius 1 is 1.42 bits per heavy atom. The number of amides is 2. The fourth-order valence-corrected chi connectivity index (χ4v) is 2.50. The minimum atomic E-state index is -0.267. The van der Waals surface area contributed by atoms with Crippen LogP contribution in [0.15, 0.2) is 24.3 Å². The van der Waals surface area contributed by atoms with E-state index in [-0.39, 0.29) is 11.6 Å². The maximum atomic E-state index is 12.0. The van der Waals surface area contributed by atoms with Gasteiger partial charge in [-0.05, 0) is 31.0 Å². The van der Waals surface area contributed by atoms with Crippen LogP contribution in [-0.2, 0) is 0 Å². The minimum absolute atomic E-state index is 0.262. The van der Waals surface area contributed by atoms with Gasteiger partial charge in [0.25, 0.3) is 0 Å². The number of carbonyl (C=O) groups excluding carboxylic acids is 1. The van der Waals surface area contributed by atoms with Crippen LogP contribution < -0.4 is 16.4 Å². The van der Waals surface area contributed by atoms with Gasteiger partial charge in [-0.1, -0.05) is 18.9 Å². The van der Waals surface area contributed by atoms with Gasteiger partial charge in [-0.2, -0.15) is 5.26 Å². The molecule has 0 aromatic heterocycles. The summed E-state index contributed by atoms with van der Waals surface area (Å²) >= 11 is 0. The lowest BCUT2D eigenvalue weighted by molar-refractivity contribution is 0.237. The maximum absolute atomic E-state index is 12.0. The van der Waals surface area contributed by atoms with E-state index < -0.39 is 0 Å². The van der Waals surface area contributed by atoms with Crippen LogP contribution in [0.3, 0.4) is 0 Å². The van der Waals surface area contributed by atoms with Gasteiger partial charge < -0.3 is 16.4 Å². The third-order valence-electron chi connectivity index (χ3n) is 3.58. The lowest BCUT2D eigenvalue weighted by Gasteiger charge is -2.28. The van der Waals surface area contributed by atoms with E-state index >= 15 is 0 Å². The number of carbonyl (C=O) groups is 1. The van der Waals surface area contributed by atoms with E-state index in [1.165, 1.54) is 0 Å². The van der Waals surface area contributed by atoms with E-state index in [0.29, 0.717) is 17.8 Å². The van der Waals surface area contributed by atoms with Gasteiger partial charge in [0.05, 0.1) is 17.2 Å². The maximum Gasteiger partial charge on any atom is 0.319 e. The van der Waals surface area contributed by atoms with Gasteiger partial charge in [-0.3, -0.25) is 0 Å². The molecule has 0 aliphatic heterocycles. The Morgan fingerprint density at radius 2 is 2.16 bits per heavy atom. The molecule has 0 heterocycles. The van der Waals surface area contributed by atoms with Crippen LogP contribution in [0.4, 0.5) is 10.5 Å². The highest BCUT2D eigenvalue weighted by Gasteiger charge is 2.33. The molecule has 0 radical (unpaired) electrons. The summed E-state index contributed by atoms with van der Waals surface area (Å²) in [6, 6.07) is 8.61. The molecule has 19 heavy (non-hydrogen) atoms. The number of benzene rings is 1. The molecule has 1 aliphatic carbocycles. The lowest BCUT2D eigenvalue weighted by Crippen LogP contribution is -2.53. The SMILES string of the molecule is N#Cc1cccc(NC(=O)NC2(CN)CCCC2)c1. The fraction of sp³-hybridized carbons (Fsp3) is 0.429. The molecular formula is C14H18N4O. The van der Waals surface area contributed by atoms with Crippen molar-refractivity contribution in [1.29, 1.82) is 5.26 Å². The second kappa shape index (κ2) is 5.72. The molecule has 0 bridgehead atoms. The molecule has 2 amide bonds. The van der Waals surface area contributed by atoms with Gasteiger partial charge in [0.2, 0.25) is 0 Å². The first-order valence-corrected chi connectivity index (χ1v) is 6.47. The van der Waals surface area contributed by atoms with Crippen molar-refractivity contribution in [2.75, 3.05) is 11.9 Å². The van der Waals surface area contributed by atoms with E-state index in [1.54, 1.807) is 24.3 Å². The van der Waals surface area contributed by atoms with Crippen molar-refractivity contribution in [3.63, 3.8) is 0 Å². The van der Waals surface area contributed by atoms with Gasteiger partial charge >= 0.3 is 6.03 Å². The summed E-state index contributed by atoms with van der Waals surface area (Å²) in [5, 5.41) is 14.5. The Balaban J connectivity index is 1.99. The van der Waals surface area contributed by atoms with Crippen LogP contribution in [0.1, 0.15) is 31.2 Å². The fourth-order valence-electron chi connectivity index (χ4n) is 2.50. The third-order valence-corrected chi connectivity index (χ3v) is 3.58. The smallest absolute Gasteiger partial charge is 0.319 e. The van der Waals surface area contributed by atoms with Crippen LogP contribution in [0.5, 0.6) is 0 Å². The first-order chi connectivity index (χ1) is 9.17. The molecule has 1 aromatic carbocycles. The highest BCUT2D eigenvalue weighted by molar-refractivity contribution is 5.90. The molecule has 0 spiro atoms. The highest BCUT2D eigenvalue weighted by atomic mass is 16.2. The number of rotatable bonds is 3. The zero-order chi connectivity index (χ0) is 13.7. The van der Waals surface area contributed by atoms with E-state index in [9.17, 15) is 4.79 Å². The molecular weight excluding hydrogens is 240 g/mol. The Hall–Kier alpha value is -2.06. The van der Waals surface area contributed by atoms with E-state index in [0.717, 1.165) is 25.7 Å². The van der Waals surface area contributed by atoms with Crippen LogP contribution in [0.25, 0.3) is 0 Å². The van der Waals surface area contributed by atoms with Gasteiger partial charge in [0.1, 0.15) is 0 Å². The van der Waals surface area contributed by atoms with Gasteiger partial charge in [-0.25, -0.2) is 4.79 Å². The summed E-state index contributed by atoms with van der Waals surface area (Å²) in [4.78, 5) is 12.0. The predicted octanol–water partition coefficient (Wildman–Crippen LogP) is 1.95. The van der Waals surface area contributed by atoms with Crippen molar-refractivity contribution in [1.82, 2.24) is 5.32 Å². The third kappa shape index (κ3) is 3.24. The van der Waals surface area contributed by atoms with Crippen LogP contribution in [-0.4, -0.2) is 18.1 Å². The molecule has 1 fully saturated rings. The predicted molar refractivity (Wildman–Crippen MR) is 73.6 cm³/mol. The topological polar surface area (TPSA) is 90.9 Å². The first-order valence-electron chi connectivity index (χ1n) is 6.47. The average Bonchev–Trinajstić information content (AvgIpc) is 2.88. The number of hydrogen-bond acceptors (Lipinski definition) is 3. The molecule has 5 heteroatoms. The van der Waals surface area contributed by atoms with E-state index in [2.05, 4.69) is 10.6 Å². The molecule has 1 aromatic rings. The second-order valence-corrected chi connectivity index (χ2v) is 4.96. The molecule has 5 nitrogen and oxygen atoms in total. The highest BCUT2D eigenvalue weighted by Crippen LogP contribution is 2.28. The van der Waals surface area contributed by atoms with Crippen LogP contribution in [0, 0.1) is 11.3 Å². The van der Waals surface area contributed by atoms with Gasteiger partial charge in [0, 0.05) is 12.2 Å². The molecule has 0 atom stereocenters. The monoisotopic (exact) mass is 258 g/mol. The summed E-state index contributed by atoms with van der Waals surface area (Å²) in [5.74, 6) is 0. The average molecular weight is 258 g/mol. The van der Waals surface area contributed by atoms with Gasteiger partial charge in [0.15, 0.2) is 0 Å². The van der Waals surface area contributed by atoms with Gasteiger partial charge in [-0.15, -0.1) is 0 Å². The summed E-state index contributed by atoms with van der Waals surface area (Å²) in [7, 11) is 0. The first kappa shape index (κ1) is 13.4. The number of hydrogen-bond donors (Lipinski definition) is 3. The summed E-state index contributed by atoms with van der Waals surface area (Å²) in [6.07, 6.45) is 4.05. The number of anilines is 1. The largest absolute Gasteiger partial charge is 0.331 e. The van der Waals surface area contributed by atoms with Crippen LogP contribution >= 0.6 is 0 Å². The summed E-state index contributed by atoms with van der Waals surface area (Å²) in [5.41, 5.74) is 6.64. The minimum Gasteiger partial charge on any atom is -0.331 e. The number of urea groups is 1. The molecule has 1 saturated carbocycles. The number of nitriles is 1. The quantitative estimate of drug-likeness (QED) is 0.773. The van der Waals surface area contributed by atoms with E-state index in [1.807, 2.05) is 6.07 Å². The van der Waals surface area contributed by atoms with Crippen LogP contribution in [0.2, 0.25) is 0 Å². The summed E-state index contributed by atoms with van der Waals surface area (Å²) in [6.45, 7) is 0.457. The molecule has 2 rings (SSSR count). The molecule has 0 saturated heterocycles. The second-order valence-electron chi connectivity index (χ2n) is 4.96. The molecule has 4 N–H and O–H groups in total. The number of nitrogens with two attached hydrogens (primary N) is 1. The lowest BCUT2D eigenvalue weighted by atomic mass is 9.98. The molecule has 0 unspecified atom stereocenters. The van der Waals surface area contributed by atoms with Crippen molar-refractivity contribution in [2.24, 2.45) is 5.73 Å². The zero-order valence-electron chi connectivity index (χ0n) is 10.8. The molecule has 100 valence electrons. The number of nitrogens with one attached hydrogen (secondary N) is 2. The van der Waals surface area contributed by atoms with Crippen molar-refractivity contribution in [3.05, 3.63) is 29.8 Å². The molecule has 1 aliphatic rings.